The normalized spacial score (nSPS) is 13.6. The van der Waals surface area contributed by atoms with Gasteiger partial charge < -0.3 is 25.2 Å². The lowest BCUT2D eigenvalue weighted by atomic mass is 9.83. The smallest absolute Gasteiger partial charge is 0.335 e. The Morgan fingerprint density at radius 1 is 0.603 bits per heavy atom. The van der Waals surface area contributed by atoms with Crippen molar-refractivity contribution in [1.29, 1.82) is 0 Å². The number of aromatic carboxylic acids is 1. The summed E-state index contributed by atoms with van der Waals surface area (Å²) in [6, 6.07) is 28.8. The highest BCUT2D eigenvalue weighted by molar-refractivity contribution is 5.96. The van der Waals surface area contributed by atoms with Crippen molar-refractivity contribution >= 4 is 45.9 Å². The first-order valence-corrected chi connectivity index (χ1v) is 26.9. The lowest BCUT2D eigenvalue weighted by Gasteiger charge is -2.31. The zero-order valence-electron chi connectivity index (χ0n) is 46.9. The molecule has 0 saturated heterocycles. The summed E-state index contributed by atoms with van der Waals surface area (Å²) < 4.78 is 8.74. The fourth-order valence-corrected chi connectivity index (χ4v) is 11.2. The second-order valence-electron chi connectivity index (χ2n) is 20.9. The van der Waals surface area contributed by atoms with Gasteiger partial charge in [0, 0.05) is 50.1 Å². The molecule has 0 saturated carbocycles. The molecule has 0 fully saturated rings. The number of carboxylic acids is 2. The first kappa shape index (κ1) is 56.2. The van der Waals surface area contributed by atoms with E-state index in [-0.39, 0.29) is 30.1 Å². The fraction of sp³-hybridized carbons (Fsp3) is 0.365. The van der Waals surface area contributed by atoms with E-state index in [4.69, 9.17) is 9.84 Å². The van der Waals surface area contributed by atoms with Crippen LogP contribution in [-0.2, 0) is 53.3 Å². The summed E-state index contributed by atoms with van der Waals surface area (Å²) in [5.74, 6) is -2.27. The Kier molecular flexibility index (Phi) is 17.4. The Hall–Kier alpha value is -8.04. The van der Waals surface area contributed by atoms with Crippen LogP contribution < -0.4 is 5.32 Å². The minimum atomic E-state index is -0.855. The van der Waals surface area contributed by atoms with E-state index in [1.54, 1.807) is 6.07 Å². The summed E-state index contributed by atoms with van der Waals surface area (Å²) in [4.78, 5) is 50.4. The molecule has 2 atom stereocenters. The third-order valence-electron chi connectivity index (χ3n) is 15.8. The van der Waals surface area contributed by atoms with Gasteiger partial charge in [-0.15, -0.1) is 10.2 Å². The fourth-order valence-electron chi connectivity index (χ4n) is 11.2. The molecular formula is C63H72N8O7. The Labute approximate surface area is 456 Å². The summed E-state index contributed by atoms with van der Waals surface area (Å²) in [6.07, 6.45) is 2.09. The van der Waals surface area contributed by atoms with Crippen LogP contribution in [0, 0.1) is 55.4 Å². The number of aliphatic carboxylic acids is 1. The molecule has 6 aromatic carbocycles. The molecule has 15 heteroatoms. The van der Waals surface area contributed by atoms with Crippen molar-refractivity contribution in [3.05, 3.63) is 185 Å². The van der Waals surface area contributed by atoms with Gasteiger partial charge in [0.05, 0.1) is 36.5 Å². The molecule has 2 unspecified atom stereocenters. The van der Waals surface area contributed by atoms with Gasteiger partial charge in [-0.2, -0.15) is 0 Å². The van der Waals surface area contributed by atoms with Crippen molar-refractivity contribution in [2.24, 2.45) is 0 Å². The first-order valence-electron chi connectivity index (χ1n) is 26.9. The molecule has 2 aliphatic rings. The average molecular weight is 1050 g/mol. The Bertz CT molecular complexity index is 3590. The molecule has 4 heterocycles. The van der Waals surface area contributed by atoms with Gasteiger partial charge >= 0.3 is 17.9 Å². The minimum absolute atomic E-state index is 0.0303. The Balaban J connectivity index is 0.000000175. The molecule has 0 spiro atoms. The molecule has 1 amide bonds. The van der Waals surface area contributed by atoms with Gasteiger partial charge in [0.2, 0.25) is 0 Å². The third-order valence-corrected chi connectivity index (χ3v) is 15.8. The highest BCUT2D eigenvalue weighted by Gasteiger charge is 2.28. The average Bonchev–Trinajstić information content (AvgIpc) is 4.08. The second kappa shape index (κ2) is 24.1. The van der Waals surface area contributed by atoms with Crippen molar-refractivity contribution in [2.75, 3.05) is 20.2 Å². The number of aryl methyl sites for hydroxylation is 8. The van der Waals surface area contributed by atoms with E-state index in [9.17, 15) is 24.3 Å². The number of carbonyl (C=O) groups is 4. The van der Waals surface area contributed by atoms with Gasteiger partial charge in [-0.05, 0) is 196 Å². The number of hydrogen-bond acceptors (Lipinski definition) is 10. The number of nitrogens with one attached hydrogen (secondary N) is 1. The van der Waals surface area contributed by atoms with Crippen LogP contribution in [0.25, 0.3) is 22.1 Å². The number of esters is 1. The van der Waals surface area contributed by atoms with Crippen LogP contribution >= 0.6 is 0 Å². The standard InChI is InChI=1S/C31H34N4O3.C22H26N4O2.C10H12O2/c1-6-35-28-10-9-25(21(5)30(28)32-33-35)27(16-29(36)37)23-8-7-22-11-12-34(17-24(22)15-23)31(38)26-14-18(2)13-19(3)20(26)4;1-4-26-20-8-7-18(14(2)22(20)24-25-26)19(12-21(27)28-3)16-6-5-15-9-10-23-13-17(15)11-16;1-6-4-7(2)8(3)9(5-6)10(11)12/h7-10,13-15,27H,6,11-12,16-17H2,1-5H3,(H,36,37);5-8,11,19,23H,4,9-10,12-13H2,1-3H3;4-5H,1-3H3,(H,11,12). The number of carboxylic acid groups (broad SMARTS) is 2. The highest BCUT2D eigenvalue weighted by Crippen LogP contribution is 2.37. The molecule has 3 N–H and O–H groups in total. The van der Waals surface area contributed by atoms with Crippen LogP contribution in [0.2, 0.25) is 0 Å². The zero-order chi connectivity index (χ0) is 56.1. The number of ether oxygens (including phenoxy) is 1. The van der Waals surface area contributed by atoms with Crippen molar-refractivity contribution in [3.63, 3.8) is 0 Å². The number of nitrogens with zero attached hydrogens (tertiary/aromatic N) is 7. The topological polar surface area (TPSA) is 195 Å². The van der Waals surface area contributed by atoms with Crippen LogP contribution in [0.4, 0.5) is 0 Å². The monoisotopic (exact) mass is 1050 g/mol. The van der Waals surface area contributed by atoms with Crippen LogP contribution in [0.15, 0.2) is 84.9 Å². The van der Waals surface area contributed by atoms with Crippen LogP contribution in [-0.4, -0.2) is 89.1 Å². The first-order chi connectivity index (χ1) is 37.3. The summed E-state index contributed by atoms with van der Waals surface area (Å²) in [5, 5.41) is 39.3. The molecule has 0 radical (unpaired) electrons. The number of fused-ring (bicyclic) bond motifs is 4. The number of amides is 1. The quantitative estimate of drug-likeness (QED) is 0.0982. The minimum Gasteiger partial charge on any atom is -0.481 e. The molecule has 406 valence electrons. The maximum atomic E-state index is 13.5. The lowest BCUT2D eigenvalue weighted by molar-refractivity contribution is -0.141. The number of methoxy groups -OCH3 is 1. The highest BCUT2D eigenvalue weighted by atomic mass is 16.5. The van der Waals surface area contributed by atoms with E-state index in [1.807, 2.05) is 100.0 Å². The molecule has 2 aliphatic heterocycles. The predicted octanol–water partition coefficient (Wildman–Crippen LogP) is 10.9. The third kappa shape index (κ3) is 11.9. The largest absolute Gasteiger partial charge is 0.481 e. The molecule has 0 aliphatic carbocycles. The van der Waals surface area contributed by atoms with E-state index in [2.05, 4.69) is 88.3 Å². The van der Waals surface area contributed by atoms with Crippen molar-refractivity contribution < 1.29 is 34.1 Å². The van der Waals surface area contributed by atoms with Crippen LogP contribution in [0.5, 0.6) is 0 Å². The van der Waals surface area contributed by atoms with Gasteiger partial charge in [0.25, 0.3) is 5.91 Å². The number of aromatic nitrogens is 6. The molecular weight excluding hydrogens is 981 g/mol. The van der Waals surface area contributed by atoms with Crippen LogP contribution in [0.3, 0.4) is 0 Å². The molecule has 10 rings (SSSR count). The predicted molar refractivity (Wildman–Crippen MR) is 303 cm³/mol. The van der Waals surface area contributed by atoms with E-state index < -0.39 is 11.9 Å². The van der Waals surface area contributed by atoms with Gasteiger partial charge in [-0.3, -0.25) is 14.4 Å². The number of benzene rings is 6. The molecule has 78 heavy (non-hydrogen) atoms. The number of rotatable bonds is 12. The molecule has 2 aromatic heterocycles. The molecule has 8 aromatic rings. The summed E-state index contributed by atoms with van der Waals surface area (Å²) >= 11 is 0. The maximum Gasteiger partial charge on any atom is 0.335 e. The second-order valence-corrected chi connectivity index (χ2v) is 20.9. The van der Waals surface area contributed by atoms with Gasteiger partial charge in [0.15, 0.2) is 0 Å². The Morgan fingerprint density at radius 2 is 1.12 bits per heavy atom. The number of carbonyl (C=O) groups excluding carboxylic acids is 2. The van der Waals surface area contributed by atoms with E-state index >= 15 is 0 Å². The zero-order valence-corrected chi connectivity index (χ0v) is 46.9. The summed E-state index contributed by atoms with van der Waals surface area (Å²) in [7, 11) is 1.44. The van der Waals surface area contributed by atoms with Crippen molar-refractivity contribution in [1.82, 2.24) is 40.2 Å². The SMILES string of the molecule is CCn1nnc2c(C)c(C(CC(=O)O)c3ccc4c(c3)CN(C(=O)c3cc(C)cc(C)c3C)CC4)ccc21.CCn1nnc2c(C)c(C(CC(=O)OC)c3ccc4c(c3)CNCC4)ccc21.Cc1cc(C)c(C)c(C(=O)O)c1. The van der Waals surface area contributed by atoms with Gasteiger partial charge in [-0.1, -0.05) is 76.7 Å². The van der Waals surface area contributed by atoms with E-state index in [0.29, 0.717) is 25.1 Å². The van der Waals surface area contributed by atoms with Crippen molar-refractivity contribution in [2.45, 2.75) is 133 Å². The van der Waals surface area contributed by atoms with Gasteiger partial charge in [-0.25, -0.2) is 14.2 Å². The lowest BCUT2D eigenvalue weighted by Crippen LogP contribution is -2.36. The van der Waals surface area contributed by atoms with Crippen molar-refractivity contribution in [3.8, 4) is 0 Å². The number of hydrogen-bond donors (Lipinski definition) is 3. The van der Waals surface area contributed by atoms with Gasteiger partial charge in [0.1, 0.15) is 11.0 Å². The van der Waals surface area contributed by atoms with E-state index in [1.165, 1.54) is 23.8 Å². The molecule has 0 bridgehead atoms. The summed E-state index contributed by atoms with van der Waals surface area (Å²) in [6.45, 7) is 24.4. The van der Waals surface area contributed by atoms with Crippen LogP contribution in [0.1, 0.15) is 148 Å². The summed E-state index contributed by atoms with van der Waals surface area (Å²) in [5.41, 5.74) is 22.1. The maximum absolute atomic E-state index is 13.5. The van der Waals surface area contributed by atoms with E-state index in [0.717, 1.165) is 139 Å². The molecule has 15 nitrogen and oxygen atoms in total. The Morgan fingerprint density at radius 3 is 1.64 bits per heavy atom.